The number of nitrogens with one attached hydrogen (secondary N) is 1. The van der Waals surface area contributed by atoms with Crippen molar-refractivity contribution in [2.24, 2.45) is 0 Å². The number of nitrogen functional groups attached to an aromatic ring is 1. The number of hydrogen-bond donors (Lipinski definition) is 2. The predicted molar refractivity (Wildman–Crippen MR) is 64.7 cm³/mol. The molecule has 6 nitrogen and oxygen atoms in total. The molecule has 0 spiro atoms. The fourth-order valence-electron chi connectivity index (χ4n) is 1.24. The van der Waals surface area contributed by atoms with Gasteiger partial charge in [-0.25, -0.2) is 21.9 Å². The van der Waals surface area contributed by atoms with Gasteiger partial charge in [-0.15, -0.1) is 10.2 Å². The molecular formula is C9H8F2N4O2S2. The Kier molecular flexibility index (Phi) is 3.73. The van der Waals surface area contributed by atoms with Crippen molar-refractivity contribution in [3.8, 4) is 0 Å². The van der Waals surface area contributed by atoms with E-state index >= 15 is 0 Å². The number of anilines is 1. The number of halogens is 2. The number of sulfonamides is 1. The van der Waals surface area contributed by atoms with Crippen LogP contribution in [0.1, 0.15) is 5.56 Å². The maximum atomic E-state index is 13.3. The van der Waals surface area contributed by atoms with Gasteiger partial charge in [-0.3, -0.25) is 0 Å². The average Bonchev–Trinajstić information content (AvgIpc) is 2.78. The molecule has 0 amide bonds. The molecule has 0 aliphatic rings. The van der Waals surface area contributed by atoms with Crippen LogP contribution in [-0.2, 0) is 16.6 Å². The van der Waals surface area contributed by atoms with Gasteiger partial charge in [-0.2, -0.15) is 0 Å². The van der Waals surface area contributed by atoms with E-state index in [0.29, 0.717) is 11.3 Å². The molecule has 0 unspecified atom stereocenters. The molecule has 1 aromatic heterocycles. The van der Waals surface area contributed by atoms with E-state index in [9.17, 15) is 17.2 Å². The first kappa shape index (κ1) is 13.8. The summed E-state index contributed by atoms with van der Waals surface area (Å²) in [7, 11) is -3.94. The monoisotopic (exact) mass is 306 g/mol. The molecule has 0 aliphatic heterocycles. The lowest BCUT2D eigenvalue weighted by Gasteiger charge is -2.05. The molecule has 0 saturated carbocycles. The molecule has 3 N–H and O–H groups in total. The van der Waals surface area contributed by atoms with Crippen LogP contribution >= 0.6 is 11.3 Å². The standard InChI is InChI=1S/C9H8F2N4O2S2/c10-6-1-2-7(11)5(3-6)4-13-19(16,17)9-15-14-8(12)18-9/h1-3,13H,4H2,(H2,12,14). The third kappa shape index (κ3) is 3.22. The summed E-state index contributed by atoms with van der Waals surface area (Å²) in [5.74, 6) is -1.36. The Labute approximate surface area is 111 Å². The van der Waals surface area contributed by atoms with Crippen LogP contribution in [-0.4, -0.2) is 18.6 Å². The molecular weight excluding hydrogens is 298 g/mol. The number of benzene rings is 1. The van der Waals surface area contributed by atoms with Crippen LogP contribution in [0.4, 0.5) is 13.9 Å². The van der Waals surface area contributed by atoms with Crippen LogP contribution in [0.2, 0.25) is 0 Å². The lowest BCUT2D eigenvalue weighted by Crippen LogP contribution is -2.23. The number of aromatic nitrogens is 2. The van der Waals surface area contributed by atoms with Gasteiger partial charge in [0.2, 0.25) is 9.47 Å². The van der Waals surface area contributed by atoms with Crippen LogP contribution in [0, 0.1) is 11.6 Å². The summed E-state index contributed by atoms with van der Waals surface area (Å²) in [4.78, 5) is 0. The topological polar surface area (TPSA) is 98.0 Å². The third-order valence-corrected chi connectivity index (χ3v) is 4.63. The summed E-state index contributed by atoms with van der Waals surface area (Å²) < 4.78 is 51.5. The Balaban J connectivity index is 2.16. The van der Waals surface area contributed by atoms with E-state index in [4.69, 9.17) is 5.73 Å². The van der Waals surface area contributed by atoms with Gasteiger partial charge in [0.05, 0.1) is 0 Å². The zero-order valence-electron chi connectivity index (χ0n) is 9.30. The van der Waals surface area contributed by atoms with Crippen molar-refractivity contribution in [2.45, 2.75) is 10.9 Å². The van der Waals surface area contributed by atoms with Crippen LogP contribution in [0.3, 0.4) is 0 Å². The van der Waals surface area contributed by atoms with Crippen molar-refractivity contribution in [1.29, 1.82) is 0 Å². The molecule has 1 aromatic carbocycles. The summed E-state index contributed by atoms with van der Waals surface area (Å²) in [6.45, 7) is -0.397. The molecule has 102 valence electrons. The fourth-order valence-corrected chi connectivity index (χ4v) is 3.07. The molecule has 19 heavy (non-hydrogen) atoms. The van der Waals surface area contributed by atoms with Gasteiger partial charge in [0.25, 0.3) is 10.0 Å². The second-order valence-electron chi connectivity index (χ2n) is 3.47. The fraction of sp³-hybridized carbons (Fsp3) is 0.111. The summed E-state index contributed by atoms with van der Waals surface area (Å²) in [6.07, 6.45) is 0. The van der Waals surface area contributed by atoms with Crippen molar-refractivity contribution >= 4 is 26.5 Å². The lowest BCUT2D eigenvalue weighted by atomic mass is 10.2. The first-order valence-corrected chi connectivity index (χ1v) is 7.21. The van der Waals surface area contributed by atoms with Crippen LogP contribution < -0.4 is 10.5 Å². The highest BCUT2D eigenvalue weighted by Gasteiger charge is 2.19. The third-order valence-electron chi connectivity index (χ3n) is 2.11. The first-order chi connectivity index (χ1) is 8.88. The molecule has 0 radical (unpaired) electrons. The van der Waals surface area contributed by atoms with Gasteiger partial charge in [0.15, 0.2) is 0 Å². The second kappa shape index (κ2) is 5.15. The highest BCUT2D eigenvalue weighted by Crippen LogP contribution is 2.17. The molecule has 0 bridgehead atoms. The summed E-state index contributed by atoms with van der Waals surface area (Å²) in [6, 6.07) is 2.77. The van der Waals surface area contributed by atoms with E-state index in [1.54, 1.807) is 0 Å². The molecule has 1 heterocycles. The molecule has 2 aromatic rings. The van der Waals surface area contributed by atoms with Gasteiger partial charge >= 0.3 is 0 Å². The number of hydrogen-bond acceptors (Lipinski definition) is 6. The smallest absolute Gasteiger partial charge is 0.270 e. The van der Waals surface area contributed by atoms with Gasteiger partial charge in [0, 0.05) is 12.1 Å². The first-order valence-electron chi connectivity index (χ1n) is 4.91. The predicted octanol–water partition coefficient (Wildman–Crippen LogP) is 0.877. The maximum absolute atomic E-state index is 13.3. The molecule has 0 fully saturated rings. The molecule has 2 rings (SSSR count). The zero-order valence-corrected chi connectivity index (χ0v) is 10.9. The quantitative estimate of drug-likeness (QED) is 0.873. The van der Waals surface area contributed by atoms with E-state index in [1.165, 1.54) is 0 Å². The van der Waals surface area contributed by atoms with E-state index in [1.807, 2.05) is 0 Å². The van der Waals surface area contributed by atoms with E-state index in [-0.39, 0.29) is 15.0 Å². The minimum absolute atomic E-state index is 0.00249. The average molecular weight is 306 g/mol. The van der Waals surface area contributed by atoms with Crippen LogP contribution in [0.5, 0.6) is 0 Å². The van der Waals surface area contributed by atoms with Gasteiger partial charge < -0.3 is 5.73 Å². The van der Waals surface area contributed by atoms with Crippen molar-refractivity contribution in [3.63, 3.8) is 0 Å². The summed E-state index contributed by atoms with van der Waals surface area (Å²) in [5.41, 5.74) is 5.16. The summed E-state index contributed by atoms with van der Waals surface area (Å²) >= 11 is 0.674. The number of nitrogens with two attached hydrogens (primary N) is 1. The number of nitrogens with zero attached hydrogens (tertiary/aromatic N) is 2. The van der Waals surface area contributed by atoms with Gasteiger partial charge in [-0.05, 0) is 18.2 Å². The van der Waals surface area contributed by atoms with Crippen LogP contribution in [0.25, 0.3) is 0 Å². The summed E-state index contributed by atoms with van der Waals surface area (Å²) in [5, 5.41) is 6.73. The highest BCUT2D eigenvalue weighted by atomic mass is 32.2. The molecule has 0 aliphatic carbocycles. The maximum Gasteiger partial charge on any atom is 0.270 e. The Morgan fingerprint density at radius 1 is 1.32 bits per heavy atom. The molecule has 0 saturated heterocycles. The Morgan fingerprint density at radius 2 is 2.05 bits per heavy atom. The Bertz CT molecular complexity index is 702. The van der Waals surface area contributed by atoms with E-state index < -0.39 is 28.2 Å². The largest absolute Gasteiger partial charge is 0.374 e. The van der Waals surface area contributed by atoms with E-state index in [2.05, 4.69) is 14.9 Å². The Hall–Kier alpha value is -1.65. The van der Waals surface area contributed by atoms with Gasteiger partial charge in [-0.1, -0.05) is 11.3 Å². The molecule has 0 atom stereocenters. The van der Waals surface area contributed by atoms with Crippen molar-refractivity contribution in [1.82, 2.24) is 14.9 Å². The molecule has 10 heteroatoms. The highest BCUT2D eigenvalue weighted by molar-refractivity contribution is 7.91. The van der Waals surface area contributed by atoms with Crippen molar-refractivity contribution in [3.05, 3.63) is 35.4 Å². The second-order valence-corrected chi connectivity index (χ2v) is 6.42. The SMILES string of the molecule is Nc1nnc(S(=O)(=O)NCc2cc(F)ccc2F)s1. The van der Waals surface area contributed by atoms with Crippen molar-refractivity contribution in [2.75, 3.05) is 5.73 Å². The minimum Gasteiger partial charge on any atom is -0.374 e. The van der Waals surface area contributed by atoms with Crippen molar-refractivity contribution < 1.29 is 17.2 Å². The Morgan fingerprint density at radius 3 is 2.68 bits per heavy atom. The minimum atomic E-state index is -3.94. The van der Waals surface area contributed by atoms with Crippen LogP contribution in [0.15, 0.2) is 22.5 Å². The number of rotatable bonds is 4. The van der Waals surface area contributed by atoms with E-state index in [0.717, 1.165) is 18.2 Å². The lowest BCUT2D eigenvalue weighted by molar-refractivity contribution is 0.566. The zero-order chi connectivity index (χ0) is 14.0. The van der Waals surface area contributed by atoms with Gasteiger partial charge in [0.1, 0.15) is 11.6 Å². The normalized spacial score (nSPS) is 11.7.